The number of nitrogens with zero attached hydrogens (tertiary/aromatic N) is 3. The van der Waals surface area contributed by atoms with Gasteiger partial charge in [0.25, 0.3) is 0 Å². The number of carbonyl (C=O) groups excluding carboxylic acids is 2. The number of amides is 3. The van der Waals surface area contributed by atoms with E-state index in [-0.39, 0.29) is 17.7 Å². The van der Waals surface area contributed by atoms with Gasteiger partial charge in [0.15, 0.2) is 0 Å². The third-order valence-corrected chi connectivity index (χ3v) is 8.51. The van der Waals surface area contributed by atoms with Crippen LogP contribution >= 0.6 is 0 Å². The van der Waals surface area contributed by atoms with Crippen LogP contribution in [0.4, 0.5) is 16.2 Å². The monoisotopic (exact) mass is 586 g/mol. The fourth-order valence-electron chi connectivity index (χ4n) is 6.20. The normalized spacial score (nSPS) is 16.5. The molecular weight excluding hydrogens is 548 g/mol. The van der Waals surface area contributed by atoms with Gasteiger partial charge in [-0.2, -0.15) is 0 Å². The van der Waals surface area contributed by atoms with Crippen molar-refractivity contribution in [1.82, 2.24) is 10.2 Å². The van der Waals surface area contributed by atoms with E-state index in [4.69, 9.17) is 0 Å². The summed E-state index contributed by atoms with van der Waals surface area (Å²) in [4.78, 5) is 30.4. The van der Waals surface area contributed by atoms with Crippen LogP contribution < -0.4 is 15.1 Å². The molecule has 7 nitrogen and oxygen atoms in total. The molecule has 0 radical (unpaired) electrons. The number of hydrogen-bond donors (Lipinski definition) is 2. The Morgan fingerprint density at radius 3 is 2.07 bits per heavy atom. The zero-order valence-corrected chi connectivity index (χ0v) is 25.1. The van der Waals surface area contributed by atoms with Gasteiger partial charge in [0.05, 0.1) is 0 Å². The Balaban J connectivity index is 1.14. The lowest BCUT2D eigenvalue weighted by Gasteiger charge is -2.36. The van der Waals surface area contributed by atoms with Gasteiger partial charge in [0, 0.05) is 57.1 Å². The molecule has 2 N–H and O–H groups in total. The summed E-state index contributed by atoms with van der Waals surface area (Å²) in [6.45, 7) is 7.16. The van der Waals surface area contributed by atoms with Crippen LogP contribution in [0.25, 0.3) is 11.1 Å². The fraction of sp³-hybridized carbons (Fsp3) is 0.243. The van der Waals surface area contributed by atoms with Crippen molar-refractivity contribution in [3.05, 3.63) is 125 Å². The maximum atomic E-state index is 12.3. The maximum absolute atomic E-state index is 12.3. The third-order valence-electron chi connectivity index (χ3n) is 8.51. The highest BCUT2D eigenvalue weighted by Gasteiger charge is 2.25. The molecule has 2 aliphatic heterocycles. The van der Waals surface area contributed by atoms with Crippen LogP contribution in [0.1, 0.15) is 42.0 Å². The average Bonchev–Trinajstić information content (AvgIpc) is 3.05. The summed E-state index contributed by atoms with van der Waals surface area (Å²) in [5.74, 6) is 0.0437. The Kier molecular flexibility index (Phi) is 8.75. The first-order valence-corrected chi connectivity index (χ1v) is 15.3. The number of aromatic hydroxyl groups is 1. The van der Waals surface area contributed by atoms with Gasteiger partial charge in [-0.3, -0.25) is 19.9 Å². The number of imide groups is 1. The van der Waals surface area contributed by atoms with E-state index >= 15 is 0 Å². The van der Waals surface area contributed by atoms with E-state index in [2.05, 4.69) is 82.7 Å². The molecule has 0 unspecified atom stereocenters. The van der Waals surface area contributed by atoms with Gasteiger partial charge in [-0.25, -0.2) is 4.79 Å². The molecule has 0 bridgehead atoms. The van der Waals surface area contributed by atoms with Crippen molar-refractivity contribution in [3.8, 4) is 5.75 Å². The van der Waals surface area contributed by atoms with Gasteiger partial charge in [-0.05, 0) is 76.2 Å². The van der Waals surface area contributed by atoms with Gasteiger partial charge in [0.2, 0.25) is 5.91 Å². The molecule has 2 aliphatic rings. The van der Waals surface area contributed by atoms with Crippen LogP contribution in [0.5, 0.6) is 5.75 Å². The van der Waals surface area contributed by atoms with E-state index in [1.165, 1.54) is 22.4 Å². The maximum Gasteiger partial charge on any atom is 0.328 e. The third kappa shape index (κ3) is 6.53. The highest BCUT2D eigenvalue weighted by Crippen LogP contribution is 2.36. The first kappa shape index (κ1) is 29.2. The molecule has 0 aliphatic carbocycles. The van der Waals surface area contributed by atoms with Crippen LogP contribution in [0.15, 0.2) is 103 Å². The minimum atomic E-state index is -0.352. The van der Waals surface area contributed by atoms with Crippen molar-refractivity contribution in [3.63, 3.8) is 0 Å². The van der Waals surface area contributed by atoms with Crippen molar-refractivity contribution >= 4 is 34.5 Å². The lowest BCUT2D eigenvalue weighted by molar-refractivity contribution is -0.120. The number of urea groups is 1. The molecule has 2 fully saturated rings. The van der Waals surface area contributed by atoms with Gasteiger partial charge in [-0.15, -0.1) is 0 Å². The highest BCUT2D eigenvalue weighted by molar-refractivity contribution is 6.05. The SMILES string of the molecule is CCC(=C(c1ccc(O)cc1)c1ccc(N2CCN(Cc3cccc(N4CCC(=O)NC4=O)c3)CC2)cc1)c1ccccc1. The minimum absolute atomic E-state index is 0.220. The number of benzene rings is 4. The summed E-state index contributed by atoms with van der Waals surface area (Å²) in [5.41, 5.74) is 9.10. The van der Waals surface area contributed by atoms with Crippen molar-refractivity contribution in [2.75, 3.05) is 42.5 Å². The molecule has 2 heterocycles. The zero-order valence-electron chi connectivity index (χ0n) is 25.1. The first-order valence-electron chi connectivity index (χ1n) is 15.3. The van der Waals surface area contributed by atoms with Gasteiger partial charge in [0.1, 0.15) is 5.75 Å². The number of allylic oxidation sites excluding steroid dienone is 1. The molecule has 0 saturated carbocycles. The molecule has 6 rings (SSSR count). The highest BCUT2D eigenvalue weighted by atomic mass is 16.3. The molecule has 224 valence electrons. The molecule has 7 heteroatoms. The number of rotatable bonds is 8. The van der Waals surface area contributed by atoms with Crippen LogP contribution in [-0.2, 0) is 11.3 Å². The van der Waals surface area contributed by atoms with Gasteiger partial charge >= 0.3 is 6.03 Å². The standard InChI is InChI=1S/C37H38N4O3/c1-2-34(28-8-4-3-5-9-28)36(30-13-17-33(42)18-14-30)29-11-15-31(16-12-29)40-23-21-39(22-24-40)26-27-7-6-10-32(25-27)41-20-19-35(43)38-37(41)44/h3-18,25,42H,2,19-24,26H2,1H3,(H,38,43,44). The van der Waals surface area contributed by atoms with Crippen LogP contribution in [-0.4, -0.2) is 54.7 Å². The van der Waals surface area contributed by atoms with E-state index in [1.54, 1.807) is 17.0 Å². The Morgan fingerprint density at radius 2 is 1.41 bits per heavy atom. The molecule has 44 heavy (non-hydrogen) atoms. The second kappa shape index (κ2) is 13.2. The smallest absolute Gasteiger partial charge is 0.328 e. The van der Waals surface area contributed by atoms with Crippen molar-refractivity contribution in [1.29, 1.82) is 0 Å². The zero-order chi connectivity index (χ0) is 30.5. The van der Waals surface area contributed by atoms with E-state index in [1.807, 2.05) is 30.3 Å². The number of anilines is 2. The number of phenolic OH excluding ortho intramolecular Hbond substituents is 1. The van der Waals surface area contributed by atoms with E-state index in [0.717, 1.165) is 61.5 Å². The van der Waals surface area contributed by atoms with Gasteiger partial charge < -0.3 is 10.0 Å². The molecule has 4 aromatic rings. The Morgan fingerprint density at radius 1 is 0.727 bits per heavy atom. The molecule has 0 aromatic heterocycles. The number of phenols is 1. The van der Waals surface area contributed by atoms with Gasteiger partial charge in [-0.1, -0.05) is 73.7 Å². The first-order chi connectivity index (χ1) is 21.5. The number of piperazine rings is 1. The topological polar surface area (TPSA) is 76.1 Å². The molecule has 4 aromatic carbocycles. The van der Waals surface area contributed by atoms with Crippen molar-refractivity contribution in [2.24, 2.45) is 0 Å². The summed E-state index contributed by atoms with van der Waals surface area (Å²) in [7, 11) is 0. The summed E-state index contributed by atoms with van der Waals surface area (Å²) in [5, 5.41) is 12.3. The molecule has 2 saturated heterocycles. The molecular formula is C37H38N4O3. The fourth-order valence-corrected chi connectivity index (χ4v) is 6.20. The van der Waals surface area contributed by atoms with Crippen LogP contribution in [0.3, 0.4) is 0 Å². The summed E-state index contributed by atoms with van der Waals surface area (Å²) < 4.78 is 0. The number of nitrogens with one attached hydrogen (secondary N) is 1. The average molecular weight is 587 g/mol. The Hall–Kier alpha value is -4.88. The quantitative estimate of drug-likeness (QED) is 0.230. The number of carbonyl (C=O) groups is 2. The summed E-state index contributed by atoms with van der Waals surface area (Å²) in [6.07, 6.45) is 1.21. The second-order valence-electron chi connectivity index (χ2n) is 11.4. The van der Waals surface area contributed by atoms with Crippen molar-refractivity contribution in [2.45, 2.75) is 26.3 Å². The summed E-state index contributed by atoms with van der Waals surface area (Å²) >= 11 is 0. The number of hydrogen-bond acceptors (Lipinski definition) is 5. The Bertz CT molecular complexity index is 1640. The molecule has 3 amide bonds. The summed E-state index contributed by atoms with van der Waals surface area (Å²) in [6, 6.07) is 34.6. The van der Waals surface area contributed by atoms with E-state index < -0.39 is 0 Å². The second-order valence-corrected chi connectivity index (χ2v) is 11.4. The van der Waals surface area contributed by atoms with Crippen LogP contribution in [0.2, 0.25) is 0 Å². The van der Waals surface area contributed by atoms with E-state index in [9.17, 15) is 14.7 Å². The Labute approximate surface area is 259 Å². The minimum Gasteiger partial charge on any atom is -0.508 e. The molecule has 0 spiro atoms. The lowest BCUT2D eigenvalue weighted by Crippen LogP contribution is -2.49. The van der Waals surface area contributed by atoms with Crippen molar-refractivity contribution < 1.29 is 14.7 Å². The lowest BCUT2D eigenvalue weighted by atomic mass is 9.88. The predicted octanol–water partition coefficient (Wildman–Crippen LogP) is 6.53. The predicted molar refractivity (Wildman–Crippen MR) is 177 cm³/mol. The largest absolute Gasteiger partial charge is 0.508 e. The van der Waals surface area contributed by atoms with E-state index in [0.29, 0.717) is 13.0 Å². The molecule has 0 atom stereocenters. The van der Waals surface area contributed by atoms with Crippen LogP contribution in [0, 0.1) is 0 Å².